The van der Waals surface area contributed by atoms with Crippen molar-refractivity contribution in [2.75, 3.05) is 18.1 Å². The third-order valence-electron chi connectivity index (χ3n) is 7.97. The Morgan fingerprint density at radius 1 is 1.02 bits per heavy atom. The van der Waals surface area contributed by atoms with Crippen LogP contribution in [0.2, 0.25) is 5.02 Å². The number of benzene rings is 3. The number of carbonyl (C=O) groups is 1. The average Bonchev–Trinajstić information content (AvgIpc) is 3.82. The van der Waals surface area contributed by atoms with Gasteiger partial charge in [-0.25, -0.2) is 4.98 Å². The molecule has 1 aliphatic carbocycles. The van der Waals surface area contributed by atoms with E-state index < -0.39 is 5.97 Å². The van der Waals surface area contributed by atoms with Crippen LogP contribution in [0.15, 0.2) is 78.9 Å². The number of halogens is 1. The summed E-state index contributed by atoms with van der Waals surface area (Å²) in [6.07, 6.45) is 7.07. The van der Waals surface area contributed by atoms with Crippen LogP contribution in [-0.2, 0) is 4.79 Å². The number of nitrogens with zero attached hydrogens (tertiary/aromatic N) is 1. The zero-order chi connectivity index (χ0) is 28.8. The molecule has 0 radical (unpaired) electrons. The molecule has 3 unspecified atom stereocenters. The van der Waals surface area contributed by atoms with Crippen LogP contribution in [0.3, 0.4) is 0 Å². The minimum absolute atomic E-state index is 0. The van der Waals surface area contributed by atoms with Crippen molar-refractivity contribution in [2.24, 2.45) is 11.8 Å². The zero-order valence-corrected chi connectivity index (χ0v) is 24.8. The summed E-state index contributed by atoms with van der Waals surface area (Å²) in [6, 6.07) is 26.8. The van der Waals surface area contributed by atoms with Crippen LogP contribution in [0.1, 0.15) is 66.0 Å². The van der Waals surface area contributed by atoms with Crippen molar-refractivity contribution in [1.82, 2.24) is 4.98 Å². The summed E-state index contributed by atoms with van der Waals surface area (Å²) in [4.78, 5) is 16.5. The van der Waals surface area contributed by atoms with Crippen molar-refractivity contribution in [3.05, 3.63) is 112 Å². The van der Waals surface area contributed by atoms with Gasteiger partial charge in [0.25, 0.3) is 0 Å². The molecule has 1 aromatic heterocycles. The second-order valence-electron chi connectivity index (χ2n) is 11.0. The van der Waals surface area contributed by atoms with E-state index in [0.29, 0.717) is 16.7 Å². The molecule has 4 aromatic rings. The molecule has 1 heterocycles. The maximum atomic E-state index is 11.7. The van der Waals surface area contributed by atoms with Crippen molar-refractivity contribution >= 4 is 81.9 Å². The van der Waals surface area contributed by atoms with E-state index in [0.717, 1.165) is 52.7 Å². The van der Waals surface area contributed by atoms with Crippen molar-refractivity contribution in [2.45, 2.75) is 38.0 Å². The Morgan fingerprint density at radius 2 is 1.79 bits per heavy atom. The van der Waals surface area contributed by atoms with Crippen LogP contribution in [0.4, 0.5) is 0 Å². The second kappa shape index (κ2) is 15.6. The van der Waals surface area contributed by atoms with Crippen LogP contribution in [0.25, 0.3) is 23.1 Å². The number of carboxylic acids is 1. The average molecular weight is 610 g/mol. The van der Waals surface area contributed by atoms with E-state index in [-0.39, 0.29) is 53.9 Å². The molecule has 3 aromatic carbocycles. The monoisotopic (exact) mass is 609 g/mol. The predicted molar refractivity (Wildman–Crippen MR) is 179 cm³/mol. The van der Waals surface area contributed by atoms with Gasteiger partial charge in [-0.05, 0) is 77.5 Å². The van der Waals surface area contributed by atoms with E-state index >= 15 is 0 Å². The number of aliphatic carboxylic acids is 1. The van der Waals surface area contributed by atoms with Gasteiger partial charge in [-0.2, -0.15) is 11.8 Å². The first-order valence-electron chi connectivity index (χ1n) is 14.3. The van der Waals surface area contributed by atoms with Crippen LogP contribution < -0.4 is 0 Å². The van der Waals surface area contributed by atoms with E-state index in [1.54, 1.807) is 11.8 Å². The Labute approximate surface area is 279 Å². The number of pyridine rings is 1. The van der Waals surface area contributed by atoms with E-state index in [4.69, 9.17) is 16.6 Å². The van der Waals surface area contributed by atoms with Gasteiger partial charge in [-0.15, -0.1) is 0 Å². The number of thioether (sulfide) groups is 1. The predicted octanol–water partition coefficient (Wildman–Crippen LogP) is 7.87. The van der Waals surface area contributed by atoms with Gasteiger partial charge in [0.1, 0.15) is 0 Å². The first kappa shape index (κ1) is 32.8. The third kappa shape index (κ3) is 8.49. The molecule has 0 bridgehead atoms. The number of aliphatic hydroxyl groups excluding tert-OH is 1. The quantitative estimate of drug-likeness (QED) is 0.119. The summed E-state index contributed by atoms with van der Waals surface area (Å²) in [6.45, 7) is 2.15. The zero-order valence-electron chi connectivity index (χ0n) is 23.2. The molecule has 1 saturated carbocycles. The van der Waals surface area contributed by atoms with Crippen molar-refractivity contribution in [1.29, 1.82) is 0 Å². The Kier molecular flexibility index (Phi) is 12.1. The second-order valence-corrected chi connectivity index (χ2v) is 12.6. The Morgan fingerprint density at radius 3 is 2.52 bits per heavy atom. The number of hydrogen-bond acceptors (Lipinski definition) is 4. The SMILES string of the molecule is CC(CO)c1ccccc1C(CCSCC(C(=O)O)C1CC1)c1cccc(/C=C/c2ccc3ccc(Cl)cc3n2)c1.[NaH]. The van der Waals surface area contributed by atoms with E-state index in [2.05, 4.69) is 61.5 Å². The number of aliphatic hydroxyl groups is 1. The standard InChI is InChI=1S/C35H36ClNO3S.Na.H/c1-23(21-38)30-7-2-3-8-32(30)31(17-18-41-22-33(35(39)40)25-10-11-25)27-6-4-5-24(19-27)9-15-29-16-13-26-12-14-28(36)20-34(26)37-29;;/h2-9,12-16,19-20,23,25,31,33,38H,10-11,17-18,21-22H2,1H3,(H,39,40);;/b15-9+;;. The van der Waals surface area contributed by atoms with E-state index in [1.807, 2.05) is 36.4 Å². The molecule has 0 aliphatic heterocycles. The molecular formula is C35H37ClNNaO3S. The molecule has 1 fully saturated rings. The molecule has 42 heavy (non-hydrogen) atoms. The van der Waals surface area contributed by atoms with Crippen molar-refractivity contribution < 1.29 is 15.0 Å². The molecule has 3 atom stereocenters. The summed E-state index contributed by atoms with van der Waals surface area (Å²) in [5.41, 5.74) is 6.41. The molecule has 0 spiro atoms. The van der Waals surface area contributed by atoms with Gasteiger partial charge in [0.15, 0.2) is 0 Å². The summed E-state index contributed by atoms with van der Waals surface area (Å²) in [5.74, 6) is 1.13. The third-order valence-corrected chi connectivity index (χ3v) is 9.32. The number of rotatable bonds is 13. The van der Waals surface area contributed by atoms with Crippen LogP contribution >= 0.6 is 23.4 Å². The molecule has 214 valence electrons. The van der Waals surface area contributed by atoms with Gasteiger partial charge in [-0.1, -0.05) is 85.3 Å². The van der Waals surface area contributed by atoms with Crippen LogP contribution in [0, 0.1) is 11.8 Å². The van der Waals surface area contributed by atoms with Gasteiger partial charge >= 0.3 is 35.5 Å². The molecule has 0 saturated heterocycles. The summed E-state index contributed by atoms with van der Waals surface area (Å²) in [5, 5.41) is 21.3. The summed E-state index contributed by atoms with van der Waals surface area (Å²) < 4.78 is 0. The normalized spacial score (nSPS) is 15.3. The van der Waals surface area contributed by atoms with Gasteiger partial charge in [-0.3, -0.25) is 4.79 Å². The number of hydrogen-bond donors (Lipinski definition) is 2. The molecular weight excluding hydrogens is 573 g/mol. The Balaban J connectivity index is 0.00000405. The van der Waals surface area contributed by atoms with Crippen molar-refractivity contribution in [3.63, 3.8) is 0 Å². The van der Waals surface area contributed by atoms with Gasteiger partial charge in [0, 0.05) is 34.6 Å². The fourth-order valence-corrected chi connectivity index (χ4v) is 6.86. The van der Waals surface area contributed by atoms with Crippen molar-refractivity contribution in [3.8, 4) is 0 Å². The van der Waals surface area contributed by atoms with Crippen LogP contribution in [0.5, 0.6) is 0 Å². The number of fused-ring (bicyclic) bond motifs is 1. The van der Waals surface area contributed by atoms with E-state index in [1.165, 1.54) is 11.1 Å². The fourth-order valence-electron chi connectivity index (χ4n) is 5.46. The van der Waals surface area contributed by atoms with E-state index in [9.17, 15) is 15.0 Å². The van der Waals surface area contributed by atoms with Crippen LogP contribution in [-0.4, -0.2) is 68.8 Å². The molecule has 0 amide bonds. The van der Waals surface area contributed by atoms with Gasteiger partial charge in [0.2, 0.25) is 0 Å². The fraction of sp³-hybridized carbons (Fsp3) is 0.314. The Bertz CT molecular complexity index is 1540. The summed E-state index contributed by atoms with van der Waals surface area (Å²) >= 11 is 7.92. The molecule has 4 nitrogen and oxygen atoms in total. The minimum atomic E-state index is -0.665. The van der Waals surface area contributed by atoms with Gasteiger partial charge in [0.05, 0.1) is 17.1 Å². The maximum absolute atomic E-state index is 11.7. The first-order chi connectivity index (χ1) is 19.9. The molecule has 5 rings (SSSR count). The number of carboxylic acid groups (broad SMARTS) is 1. The first-order valence-corrected chi connectivity index (χ1v) is 15.8. The molecule has 2 N–H and O–H groups in total. The molecule has 1 aliphatic rings. The molecule has 7 heteroatoms. The summed E-state index contributed by atoms with van der Waals surface area (Å²) in [7, 11) is 0. The number of aromatic nitrogens is 1. The topological polar surface area (TPSA) is 70.4 Å². The Hall–Kier alpha value is -2.12. The van der Waals surface area contributed by atoms with Gasteiger partial charge < -0.3 is 10.2 Å².